The molecule has 0 spiro atoms. The summed E-state index contributed by atoms with van der Waals surface area (Å²) in [6.07, 6.45) is 0.181. The number of benzene rings is 3. The van der Waals surface area contributed by atoms with Crippen molar-refractivity contribution in [2.45, 2.75) is 31.8 Å². The Labute approximate surface area is 186 Å². The number of hydrogen-bond donors (Lipinski definition) is 1. The van der Waals surface area contributed by atoms with Gasteiger partial charge in [0.15, 0.2) is 9.84 Å². The van der Waals surface area contributed by atoms with Crippen molar-refractivity contribution in [3.8, 4) is 5.69 Å². The van der Waals surface area contributed by atoms with Gasteiger partial charge in [-0.05, 0) is 47.4 Å². The molecule has 0 radical (unpaired) electrons. The van der Waals surface area contributed by atoms with Crippen LogP contribution in [-0.2, 0) is 32.6 Å². The van der Waals surface area contributed by atoms with Gasteiger partial charge in [-0.25, -0.2) is 13.1 Å². The van der Waals surface area contributed by atoms with Gasteiger partial charge in [0.1, 0.15) is 5.82 Å². The van der Waals surface area contributed by atoms with E-state index in [9.17, 15) is 13.2 Å². The molecule has 32 heavy (non-hydrogen) atoms. The molecule has 162 valence electrons. The predicted molar refractivity (Wildman–Crippen MR) is 126 cm³/mol. The summed E-state index contributed by atoms with van der Waals surface area (Å²) in [4.78, 5) is 13.1. The van der Waals surface area contributed by atoms with Crippen LogP contribution in [0.1, 0.15) is 27.9 Å². The van der Waals surface area contributed by atoms with E-state index in [4.69, 9.17) is 0 Å². The van der Waals surface area contributed by atoms with Gasteiger partial charge in [-0.15, -0.1) is 0 Å². The molecule has 7 heteroatoms. The minimum atomic E-state index is -3.25. The van der Waals surface area contributed by atoms with Crippen LogP contribution in [0.15, 0.2) is 60.7 Å². The summed E-state index contributed by atoms with van der Waals surface area (Å²) in [6, 6.07) is 19.7. The molecule has 2 heterocycles. The number of anilines is 1. The molecule has 3 aromatic carbocycles. The highest BCUT2D eigenvalue weighted by Crippen LogP contribution is 2.34. The molecule has 4 aromatic rings. The molecule has 0 fully saturated rings. The number of nitrogens with zero attached hydrogens (tertiary/aromatic N) is 2. The zero-order valence-electron chi connectivity index (χ0n) is 17.9. The summed E-state index contributed by atoms with van der Waals surface area (Å²) in [5, 5.41) is 9.68. The Morgan fingerprint density at radius 2 is 1.75 bits per heavy atom. The van der Waals surface area contributed by atoms with Gasteiger partial charge in [0.25, 0.3) is 0 Å². The molecular formula is C25H23N3O3S. The lowest BCUT2D eigenvalue weighted by Gasteiger charge is -2.14. The lowest BCUT2D eigenvalue weighted by Crippen LogP contribution is -2.19. The summed E-state index contributed by atoms with van der Waals surface area (Å²) in [7, 11) is -3.25. The second kappa shape index (κ2) is 7.60. The summed E-state index contributed by atoms with van der Waals surface area (Å²) in [5.74, 6) is 0.0173. The van der Waals surface area contributed by atoms with Gasteiger partial charge in [-0.2, -0.15) is 5.10 Å². The Hall–Kier alpha value is -3.45. The van der Waals surface area contributed by atoms with Crippen molar-refractivity contribution in [3.63, 3.8) is 0 Å². The smallest absolute Gasteiger partial charge is 0.229 e. The number of hydrogen-bond acceptors (Lipinski definition) is 4. The molecule has 5 rings (SSSR count). The molecule has 1 amide bonds. The van der Waals surface area contributed by atoms with Gasteiger partial charge < -0.3 is 5.32 Å². The normalized spacial score (nSPS) is 14.4. The predicted octanol–water partition coefficient (Wildman–Crippen LogP) is 4.25. The van der Waals surface area contributed by atoms with Crippen LogP contribution in [0.3, 0.4) is 0 Å². The Bertz CT molecular complexity index is 1480. The maximum atomic E-state index is 13.1. The van der Waals surface area contributed by atoms with Crippen molar-refractivity contribution in [2.75, 3.05) is 5.32 Å². The Morgan fingerprint density at radius 3 is 2.59 bits per heavy atom. The van der Waals surface area contributed by atoms with Crippen molar-refractivity contribution < 1.29 is 13.2 Å². The third-order valence-corrected chi connectivity index (χ3v) is 7.52. The molecular weight excluding hydrogens is 422 g/mol. The highest BCUT2D eigenvalue weighted by atomic mass is 32.2. The van der Waals surface area contributed by atoms with Crippen LogP contribution in [0, 0.1) is 13.8 Å². The largest absolute Gasteiger partial charge is 0.310 e. The van der Waals surface area contributed by atoms with E-state index in [-0.39, 0.29) is 23.8 Å². The fourth-order valence-electron chi connectivity index (χ4n) is 4.31. The second-order valence-corrected chi connectivity index (χ2v) is 10.4. The molecule has 0 bridgehead atoms. The van der Waals surface area contributed by atoms with Gasteiger partial charge in [0.05, 0.1) is 29.3 Å². The summed E-state index contributed by atoms with van der Waals surface area (Å²) < 4.78 is 26.1. The first kappa shape index (κ1) is 20.5. The molecule has 0 saturated heterocycles. The third kappa shape index (κ3) is 3.58. The van der Waals surface area contributed by atoms with Crippen molar-refractivity contribution in [1.29, 1.82) is 0 Å². The summed E-state index contributed by atoms with van der Waals surface area (Å²) in [6.45, 7) is 4.01. The summed E-state index contributed by atoms with van der Waals surface area (Å²) in [5.41, 5.74) is 4.96. The van der Waals surface area contributed by atoms with E-state index in [0.717, 1.165) is 33.2 Å². The van der Waals surface area contributed by atoms with Gasteiger partial charge in [0.2, 0.25) is 5.91 Å². The number of aryl methyl sites for hydroxylation is 1. The molecule has 1 aromatic heterocycles. The van der Waals surface area contributed by atoms with Crippen LogP contribution >= 0.6 is 0 Å². The van der Waals surface area contributed by atoms with Gasteiger partial charge in [0, 0.05) is 5.56 Å². The highest BCUT2D eigenvalue weighted by molar-refractivity contribution is 7.90. The molecule has 0 unspecified atom stereocenters. The third-order valence-electron chi connectivity index (χ3n) is 6.08. The molecule has 6 nitrogen and oxygen atoms in total. The molecule has 1 N–H and O–H groups in total. The minimum Gasteiger partial charge on any atom is -0.310 e. The number of fused-ring (bicyclic) bond motifs is 2. The van der Waals surface area contributed by atoms with E-state index >= 15 is 0 Å². The van der Waals surface area contributed by atoms with Crippen molar-refractivity contribution in [1.82, 2.24) is 9.78 Å². The number of amides is 1. The van der Waals surface area contributed by atoms with E-state index in [1.165, 1.54) is 0 Å². The number of carbonyl (C=O) groups is 1. The van der Waals surface area contributed by atoms with Gasteiger partial charge >= 0.3 is 0 Å². The van der Waals surface area contributed by atoms with Crippen LogP contribution in [0.4, 0.5) is 5.82 Å². The fourth-order valence-corrected chi connectivity index (χ4v) is 5.80. The van der Waals surface area contributed by atoms with Gasteiger partial charge in [-0.3, -0.25) is 4.79 Å². The maximum Gasteiger partial charge on any atom is 0.229 e. The quantitative estimate of drug-likeness (QED) is 0.509. The van der Waals surface area contributed by atoms with Crippen molar-refractivity contribution >= 4 is 32.3 Å². The van der Waals surface area contributed by atoms with Crippen LogP contribution < -0.4 is 5.32 Å². The molecule has 1 aliphatic heterocycles. The topological polar surface area (TPSA) is 81.1 Å². The first-order valence-electron chi connectivity index (χ1n) is 10.5. The average Bonchev–Trinajstić information content (AvgIpc) is 3.22. The first-order valence-corrected chi connectivity index (χ1v) is 12.3. The van der Waals surface area contributed by atoms with E-state index in [1.54, 1.807) is 4.68 Å². The van der Waals surface area contributed by atoms with Crippen LogP contribution in [0.2, 0.25) is 0 Å². The zero-order chi connectivity index (χ0) is 22.5. The summed E-state index contributed by atoms with van der Waals surface area (Å²) >= 11 is 0. The highest BCUT2D eigenvalue weighted by Gasteiger charge is 2.33. The lowest BCUT2D eigenvalue weighted by molar-refractivity contribution is -0.115. The number of rotatable bonds is 4. The molecule has 0 aliphatic carbocycles. The van der Waals surface area contributed by atoms with Crippen LogP contribution in [0.5, 0.6) is 0 Å². The number of aromatic nitrogens is 2. The maximum absolute atomic E-state index is 13.1. The molecule has 0 atom stereocenters. The Morgan fingerprint density at radius 1 is 1.00 bits per heavy atom. The average molecular weight is 446 g/mol. The van der Waals surface area contributed by atoms with E-state index in [2.05, 4.69) is 10.4 Å². The first-order chi connectivity index (χ1) is 15.3. The SMILES string of the molecule is Cc1cccc(-n2nc3c(c2NC(=O)Cc2cccc4ccccc24)CS(=O)(=O)C3)c1C. The zero-order valence-corrected chi connectivity index (χ0v) is 18.7. The monoisotopic (exact) mass is 445 g/mol. The number of carbonyl (C=O) groups excluding carboxylic acids is 1. The molecule has 0 saturated carbocycles. The number of sulfone groups is 1. The van der Waals surface area contributed by atoms with Gasteiger partial charge in [-0.1, -0.05) is 54.6 Å². The Kier molecular flexibility index (Phi) is 4.86. The standard InChI is InChI=1S/C25H23N3O3S/c1-16-7-5-12-23(17(16)2)28-25(21-14-32(30,31)15-22(21)27-28)26-24(29)13-19-10-6-9-18-8-3-4-11-20(18)19/h3-12H,13-15H2,1-2H3,(H,26,29). The lowest BCUT2D eigenvalue weighted by atomic mass is 10.0. The van der Waals surface area contributed by atoms with Crippen molar-refractivity contribution in [3.05, 3.63) is 88.6 Å². The molecule has 1 aliphatic rings. The fraction of sp³-hybridized carbons (Fsp3) is 0.200. The van der Waals surface area contributed by atoms with E-state index < -0.39 is 9.84 Å². The minimum absolute atomic E-state index is 0.105. The Balaban J connectivity index is 1.54. The van der Waals surface area contributed by atoms with Crippen molar-refractivity contribution in [2.24, 2.45) is 0 Å². The van der Waals surface area contributed by atoms with Crippen LogP contribution in [0.25, 0.3) is 16.5 Å². The number of nitrogens with one attached hydrogen (secondary N) is 1. The van der Waals surface area contributed by atoms with E-state index in [1.807, 2.05) is 74.5 Å². The second-order valence-electron chi connectivity index (χ2n) is 8.30. The van der Waals surface area contributed by atoms with Crippen LogP contribution in [-0.4, -0.2) is 24.1 Å². The van der Waals surface area contributed by atoms with E-state index in [0.29, 0.717) is 17.1 Å².